The van der Waals surface area contributed by atoms with Gasteiger partial charge in [0, 0.05) is 5.69 Å². The van der Waals surface area contributed by atoms with Crippen molar-refractivity contribution >= 4 is 28.9 Å². The third-order valence-electron chi connectivity index (χ3n) is 4.24. The number of nitrogens with one attached hydrogen (secondary N) is 1. The molecule has 0 bridgehead atoms. The summed E-state index contributed by atoms with van der Waals surface area (Å²) < 4.78 is 0. The number of nitrogen functional groups attached to an aromatic ring is 1. The molecule has 0 aromatic heterocycles. The van der Waals surface area contributed by atoms with Crippen LogP contribution in [0.15, 0.2) is 18.2 Å². The third-order valence-corrected chi connectivity index (χ3v) is 4.59. The Morgan fingerprint density at radius 2 is 2.19 bits per heavy atom. The van der Waals surface area contributed by atoms with Crippen molar-refractivity contribution < 1.29 is 4.79 Å². The smallest absolute Gasteiger partial charge is 0.241 e. The van der Waals surface area contributed by atoms with Crippen LogP contribution in [-0.2, 0) is 4.79 Å². The van der Waals surface area contributed by atoms with Gasteiger partial charge in [-0.2, -0.15) is 0 Å². The van der Waals surface area contributed by atoms with Gasteiger partial charge < -0.3 is 11.1 Å². The van der Waals surface area contributed by atoms with Gasteiger partial charge in [0.15, 0.2) is 0 Å². The Kier molecular flexibility index (Phi) is 5.48. The third kappa shape index (κ3) is 4.35. The molecule has 0 aliphatic carbocycles. The SMILES string of the molecule is CC1CCCN(C(C)C(=O)Nc2ccc(Cl)c(N)c2)CC1. The van der Waals surface area contributed by atoms with Crippen LogP contribution in [0.5, 0.6) is 0 Å². The van der Waals surface area contributed by atoms with Gasteiger partial charge in [0.05, 0.1) is 16.8 Å². The summed E-state index contributed by atoms with van der Waals surface area (Å²) in [5.74, 6) is 0.757. The summed E-state index contributed by atoms with van der Waals surface area (Å²) >= 11 is 5.89. The summed E-state index contributed by atoms with van der Waals surface area (Å²) in [6.45, 7) is 6.22. The first-order valence-corrected chi connectivity index (χ1v) is 7.95. The van der Waals surface area contributed by atoms with Crippen molar-refractivity contribution in [3.63, 3.8) is 0 Å². The van der Waals surface area contributed by atoms with Gasteiger partial charge in [0.1, 0.15) is 0 Å². The highest BCUT2D eigenvalue weighted by molar-refractivity contribution is 6.33. The Hall–Kier alpha value is -1.26. The van der Waals surface area contributed by atoms with Crippen molar-refractivity contribution in [1.29, 1.82) is 0 Å². The van der Waals surface area contributed by atoms with Crippen molar-refractivity contribution in [1.82, 2.24) is 4.90 Å². The standard InChI is InChI=1S/C16H24ClN3O/c1-11-4-3-8-20(9-7-11)12(2)16(21)19-13-5-6-14(17)15(18)10-13/h5-6,10-12H,3-4,7-9,18H2,1-2H3,(H,19,21). The molecule has 3 N–H and O–H groups in total. The van der Waals surface area contributed by atoms with Crippen molar-refractivity contribution in [2.75, 3.05) is 24.1 Å². The van der Waals surface area contributed by atoms with Crippen LogP contribution < -0.4 is 11.1 Å². The largest absolute Gasteiger partial charge is 0.397 e. The second-order valence-electron chi connectivity index (χ2n) is 5.97. The number of carbonyl (C=O) groups excluding carboxylic acids is 1. The van der Waals surface area contributed by atoms with E-state index >= 15 is 0 Å². The predicted molar refractivity (Wildman–Crippen MR) is 88.5 cm³/mol. The summed E-state index contributed by atoms with van der Waals surface area (Å²) in [5, 5.41) is 3.42. The Morgan fingerprint density at radius 3 is 2.90 bits per heavy atom. The molecule has 1 saturated heterocycles. The minimum atomic E-state index is -0.132. The minimum Gasteiger partial charge on any atom is -0.397 e. The fourth-order valence-electron chi connectivity index (χ4n) is 2.71. The molecule has 116 valence electrons. The van der Waals surface area contributed by atoms with E-state index in [9.17, 15) is 4.79 Å². The monoisotopic (exact) mass is 309 g/mol. The molecule has 1 aromatic rings. The van der Waals surface area contributed by atoms with Gasteiger partial charge in [0.25, 0.3) is 0 Å². The Balaban J connectivity index is 1.96. The van der Waals surface area contributed by atoms with Crippen LogP contribution in [0.25, 0.3) is 0 Å². The Morgan fingerprint density at radius 1 is 1.43 bits per heavy atom. The van der Waals surface area contributed by atoms with Crippen LogP contribution in [0.1, 0.15) is 33.1 Å². The van der Waals surface area contributed by atoms with Crippen LogP contribution in [0.4, 0.5) is 11.4 Å². The summed E-state index contributed by atoms with van der Waals surface area (Å²) in [4.78, 5) is 14.6. The van der Waals surface area contributed by atoms with Gasteiger partial charge in [0.2, 0.25) is 5.91 Å². The Labute approximate surface area is 131 Å². The van der Waals surface area contributed by atoms with E-state index in [2.05, 4.69) is 17.1 Å². The predicted octanol–water partition coefficient (Wildman–Crippen LogP) is 3.37. The molecule has 1 amide bonds. The summed E-state index contributed by atoms with van der Waals surface area (Å²) in [7, 11) is 0. The highest BCUT2D eigenvalue weighted by atomic mass is 35.5. The molecule has 5 heteroatoms. The van der Waals surface area contributed by atoms with Gasteiger partial charge in [-0.15, -0.1) is 0 Å². The number of hydrogen-bond acceptors (Lipinski definition) is 3. The van der Waals surface area contributed by atoms with Gasteiger partial charge >= 0.3 is 0 Å². The zero-order chi connectivity index (χ0) is 15.4. The molecule has 1 aliphatic rings. The second kappa shape index (κ2) is 7.14. The lowest BCUT2D eigenvalue weighted by Crippen LogP contribution is -2.42. The Bertz CT molecular complexity index is 506. The normalized spacial score (nSPS) is 21.6. The first-order chi connectivity index (χ1) is 9.97. The van der Waals surface area contributed by atoms with E-state index in [0.717, 1.165) is 31.8 Å². The molecule has 2 unspecified atom stereocenters. The maximum absolute atomic E-state index is 12.4. The minimum absolute atomic E-state index is 0.00581. The number of nitrogens with two attached hydrogens (primary N) is 1. The summed E-state index contributed by atoms with van der Waals surface area (Å²) in [6, 6.07) is 5.03. The molecular weight excluding hydrogens is 286 g/mol. The number of carbonyl (C=O) groups is 1. The summed E-state index contributed by atoms with van der Waals surface area (Å²) in [5.41, 5.74) is 6.93. The van der Waals surface area contributed by atoms with E-state index in [4.69, 9.17) is 17.3 Å². The number of amides is 1. The molecule has 0 radical (unpaired) electrons. The van der Waals surface area contributed by atoms with Crippen LogP contribution in [-0.4, -0.2) is 29.9 Å². The molecule has 0 saturated carbocycles. The zero-order valence-corrected chi connectivity index (χ0v) is 13.5. The van der Waals surface area contributed by atoms with Crippen molar-refractivity contribution in [2.24, 2.45) is 5.92 Å². The fraction of sp³-hybridized carbons (Fsp3) is 0.562. The van der Waals surface area contributed by atoms with E-state index in [1.165, 1.54) is 6.42 Å². The quantitative estimate of drug-likeness (QED) is 0.842. The van der Waals surface area contributed by atoms with E-state index in [-0.39, 0.29) is 11.9 Å². The number of rotatable bonds is 3. The molecule has 2 atom stereocenters. The fourth-order valence-corrected chi connectivity index (χ4v) is 2.82. The number of nitrogens with zero attached hydrogens (tertiary/aromatic N) is 1. The van der Waals surface area contributed by atoms with Crippen LogP contribution in [0.2, 0.25) is 5.02 Å². The molecule has 4 nitrogen and oxygen atoms in total. The first-order valence-electron chi connectivity index (χ1n) is 7.57. The van der Waals surface area contributed by atoms with Crippen LogP contribution >= 0.6 is 11.6 Å². The van der Waals surface area contributed by atoms with Crippen LogP contribution in [0.3, 0.4) is 0 Å². The van der Waals surface area contributed by atoms with E-state index < -0.39 is 0 Å². The highest BCUT2D eigenvalue weighted by Gasteiger charge is 2.23. The lowest BCUT2D eigenvalue weighted by molar-refractivity contribution is -0.120. The molecule has 0 spiro atoms. The van der Waals surface area contributed by atoms with Gasteiger partial charge in [-0.25, -0.2) is 0 Å². The lowest BCUT2D eigenvalue weighted by Gasteiger charge is -2.26. The van der Waals surface area contributed by atoms with E-state index in [1.807, 2.05) is 6.92 Å². The number of likely N-dealkylation sites (tertiary alicyclic amines) is 1. The summed E-state index contributed by atoms with van der Waals surface area (Å²) in [6.07, 6.45) is 3.57. The molecule has 21 heavy (non-hydrogen) atoms. The highest BCUT2D eigenvalue weighted by Crippen LogP contribution is 2.23. The van der Waals surface area contributed by atoms with Gasteiger partial charge in [-0.3, -0.25) is 9.69 Å². The number of benzene rings is 1. The van der Waals surface area contributed by atoms with E-state index in [1.54, 1.807) is 18.2 Å². The topological polar surface area (TPSA) is 58.4 Å². The average molecular weight is 310 g/mol. The molecule has 1 aromatic carbocycles. The molecular formula is C16H24ClN3O. The molecule has 1 aliphatic heterocycles. The zero-order valence-electron chi connectivity index (χ0n) is 12.7. The van der Waals surface area contributed by atoms with Gasteiger partial charge in [-0.1, -0.05) is 18.5 Å². The van der Waals surface area contributed by atoms with Crippen molar-refractivity contribution in [2.45, 2.75) is 39.2 Å². The van der Waals surface area contributed by atoms with Crippen molar-refractivity contribution in [3.8, 4) is 0 Å². The maximum atomic E-state index is 12.4. The number of anilines is 2. The molecule has 2 rings (SSSR count). The first kappa shape index (κ1) is 16.1. The maximum Gasteiger partial charge on any atom is 0.241 e. The van der Waals surface area contributed by atoms with Crippen molar-refractivity contribution in [3.05, 3.63) is 23.2 Å². The number of hydrogen-bond donors (Lipinski definition) is 2. The number of halogens is 1. The lowest BCUT2D eigenvalue weighted by atomic mass is 10.0. The second-order valence-corrected chi connectivity index (χ2v) is 6.38. The van der Waals surface area contributed by atoms with Crippen LogP contribution in [0, 0.1) is 5.92 Å². The van der Waals surface area contributed by atoms with Gasteiger partial charge in [-0.05, 0) is 63.4 Å². The average Bonchev–Trinajstić information content (AvgIpc) is 2.67. The molecule has 1 heterocycles. The van der Waals surface area contributed by atoms with E-state index in [0.29, 0.717) is 16.4 Å². The molecule has 1 fully saturated rings.